The summed E-state index contributed by atoms with van der Waals surface area (Å²) >= 11 is 0. The quantitative estimate of drug-likeness (QED) is 0.774. The van der Waals surface area contributed by atoms with Gasteiger partial charge < -0.3 is 0 Å². The van der Waals surface area contributed by atoms with Crippen LogP contribution in [0.1, 0.15) is 19.8 Å². The molecule has 0 unspecified atom stereocenters. The summed E-state index contributed by atoms with van der Waals surface area (Å²) in [6, 6.07) is 4.92. The predicted octanol–water partition coefficient (Wildman–Crippen LogP) is 1.73. The van der Waals surface area contributed by atoms with E-state index in [1.165, 1.54) is 25.2 Å². The van der Waals surface area contributed by atoms with E-state index in [1.54, 1.807) is 0 Å². The van der Waals surface area contributed by atoms with Crippen LogP contribution in [0, 0.1) is 0 Å². The zero-order valence-corrected chi connectivity index (χ0v) is 12.8. The summed E-state index contributed by atoms with van der Waals surface area (Å²) in [6.45, 7) is 2.20. The molecule has 0 heterocycles. The third-order valence-electron chi connectivity index (χ3n) is 2.63. The first-order chi connectivity index (χ1) is 9.18. The van der Waals surface area contributed by atoms with Gasteiger partial charge in [0.15, 0.2) is 0 Å². The first-order valence-electron chi connectivity index (χ1n) is 5.96. The molecule has 0 bridgehead atoms. The van der Waals surface area contributed by atoms with E-state index in [0.717, 1.165) is 16.8 Å². The second kappa shape index (κ2) is 6.51. The minimum absolute atomic E-state index is 0.288. The maximum Gasteiger partial charge on any atom is 0.334 e. The number of para-hydroxylation sites is 1. The standard InChI is InChI=1S/C11H17FN2O4S2/c1-3-4-9-14(2)20(17,18)13-10-7-5-6-8-11(10)19(12,15)16/h5-8,13H,3-4,9H2,1-2H3. The number of halogens is 1. The summed E-state index contributed by atoms with van der Waals surface area (Å²) in [6.07, 6.45) is 1.48. The highest BCUT2D eigenvalue weighted by Crippen LogP contribution is 2.24. The molecule has 1 aromatic carbocycles. The SMILES string of the molecule is CCCCN(C)S(=O)(=O)Nc1ccccc1S(=O)(=O)F. The van der Waals surface area contributed by atoms with Crippen molar-refractivity contribution in [2.75, 3.05) is 18.3 Å². The van der Waals surface area contributed by atoms with Gasteiger partial charge in [-0.25, -0.2) is 0 Å². The molecule has 1 rings (SSSR count). The molecule has 0 aliphatic heterocycles. The molecule has 0 saturated heterocycles. The van der Waals surface area contributed by atoms with Crippen molar-refractivity contribution in [2.24, 2.45) is 0 Å². The number of hydrogen-bond donors (Lipinski definition) is 1. The van der Waals surface area contributed by atoms with E-state index >= 15 is 0 Å². The first-order valence-corrected chi connectivity index (χ1v) is 8.78. The van der Waals surface area contributed by atoms with Crippen molar-refractivity contribution >= 4 is 26.1 Å². The largest absolute Gasteiger partial charge is 0.334 e. The van der Waals surface area contributed by atoms with Crippen molar-refractivity contribution in [2.45, 2.75) is 24.7 Å². The number of hydrogen-bond acceptors (Lipinski definition) is 4. The Morgan fingerprint density at radius 2 is 1.80 bits per heavy atom. The Morgan fingerprint density at radius 1 is 1.20 bits per heavy atom. The number of benzene rings is 1. The molecular formula is C11H17FN2O4S2. The van der Waals surface area contributed by atoms with Crippen LogP contribution >= 0.6 is 0 Å². The molecule has 20 heavy (non-hydrogen) atoms. The van der Waals surface area contributed by atoms with Gasteiger partial charge in [0.25, 0.3) is 0 Å². The van der Waals surface area contributed by atoms with Gasteiger partial charge in [-0.1, -0.05) is 25.5 Å². The Morgan fingerprint density at radius 3 is 2.35 bits per heavy atom. The van der Waals surface area contributed by atoms with Gasteiger partial charge >= 0.3 is 20.4 Å². The summed E-state index contributed by atoms with van der Waals surface area (Å²) in [5, 5.41) is 0. The molecule has 0 spiro atoms. The molecule has 1 N–H and O–H groups in total. The zero-order chi connectivity index (χ0) is 15.4. The Labute approximate surface area is 119 Å². The number of nitrogens with zero attached hydrogens (tertiary/aromatic N) is 1. The molecule has 0 amide bonds. The molecule has 6 nitrogen and oxygen atoms in total. The Balaban J connectivity index is 3.05. The fourth-order valence-corrected chi connectivity index (χ4v) is 3.15. The predicted molar refractivity (Wildman–Crippen MR) is 74.8 cm³/mol. The van der Waals surface area contributed by atoms with Crippen LogP contribution in [0.3, 0.4) is 0 Å². The van der Waals surface area contributed by atoms with E-state index < -0.39 is 25.3 Å². The van der Waals surface area contributed by atoms with E-state index in [4.69, 9.17) is 0 Å². The molecule has 0 fully saturated rings. The van der Waals surface area contributed by atoms with Gasteiger partial charge in [0.1, 0.15) is 4.90 Å². The van der Waals surface area contributed by atoms with E-state index in [2.05, 4.69) is 4.72 Å². The molecule has 1 aromatic rings. The second-order valence-electron chi connectivity index (χ2n) is 4.22. The fourth-order valence-electron chi connectivity index (χ4n) is 1.48. The zero-order valence-electron chi connectivity index (χ0n) is 11.2. The van der Waals surface area contributed by atoms with Gasteiger partial charge in [-0.3, -0.25) is 4.72 Å². The molecule has 9 heteroatoms. The third kappa shape index (κ3) is 4.43. The van der Waals surface area contributed by atoms with Gasteiger partial charge in [0, 0.05) is 13.6 Å². The van der Waals surface area contributed by atoms with Crippen LogP contribution in [-0.4, -0.2) is 34.7 Å². The van der Waals surface area contributed by atoms with E-state index in [1.807, 2.05) is 6.92 Å². The average molecular weight is 324 g/mol. The van der Waals surface area contributed by atoms with Crippen LogP contribution in [0.25, 0.3) is 0 Å². The summed E-state index contributed by atoms with van der Waals surface area (Å²) in [4.78, 5) is -0.701. The normalized spacial score (nSPS) is 12.6. The minimum atomic E-state index is -4.99. The summed E-state index contributed by atoms with van der Waals surface area (Å²) in [5.74, 6) is 0. The van der Waals surface area contributed by atoms with E-state index in [-0.39, 0.29) is 12.2 Å². The lowest BCUT2D eigenvalue weighted by molar-refractivity contribution is 0.463. The molecule has 0 saturated carbocycles. The number of anilines is 1. The minimum Gasteiger partial charge on any atom is -0.269 e. The van der Waals surface area contributed by atoms with Crippen molar-refractivity contribution < 1.29 is 20.7 Å². The summed E-state index contributed by atoms with van der Waals surface area (Å²) in [5.41, 5.74) is -0.307. The highest BCUT2D eigenvalue weighted by molar-refractivity contribution is 7.90. The maximum atomic E-state index is 13.1. The van der Waals surface area contributed by atoms with Crippen molar-refractivity contribution in [3.05, 3.63) is 24.3 Å². The van der Waals surface area contributed by atoms with Crippen LogP contribution in [-0.2, 0) is 20.4 Å². The maximum absolute atomic E-state index is 13.1. The lowest BCUT2D eigenvalue weighted by Gasteiger charge is -2.18. The van der Waals surface area contributed by atoms with Crippen molar-refractivity contribution in [1.29, 1.82) is 0 Å². The van der Waals surface area contributed by atoms with Crippen LogP contribution in [0.2, 0.25) is 0 Å². The molecular weight excluding hydrogens is 307 g/mol. The van der Waals surface area contributed by atoms with Gasteiger partial charge in [0.05, 0.1) is 5.69 Å². The van der Waals surface area contributed by atoms with Gasteiger partial charge in [-0.2, -0.15) is 21.1 Å². The number of nitrogens with one attached hydrogen (secondary N) is 1. The number of rotatable bonds is 7. The molecule has 0 atom stereocenters. The van der Waals surface area contributed by atoms with Crippen LogP contribution in [0.5, 0.6) is 0 Å². The first kappa shape index (κ1) is 16.9. The fraction of sp³-hybridized carbons (Fsp3) is 0.455. The molecule has 0 radical (unpaired) electrons. The lowest BCUT2D eigenvalue weighted by atomic mass is 10.3. The molecule has 0 aromatic heterocycles. The topological polar surface area (TPSA) is 83.6 Å². The van der Waals surface area contributed by atoms with Gasteiger partial charge in [0.2, 0.25) is 0 Å². The summed E-state index contributed by atoms with van der Waals surface area (Å²) < 4.78 is 62.1. The Bertz CT molecular complexity index is 659. The summed E-state index contributed by atoms with van der Waals surface area (Å²) in [7, 11) is -7.54. The molecule has 114 valence electrons. The highest BCUT2D eigenvalue weighted by atomic mass is 32.3. The highest BCUT2D eigenvalue weighted by Gasteiger charge is 2.22. The number of unbranched alkanes of at least 4 members (excludes halogenated alkanes) is 1. The van der Waals surface area contributed by atoms with Crippen LogP contribution < -0.4 is 4.72 Å². The Hall–Kier alpha value is -1.19. The van der Waals surface area contributed by atoms with Gasteiger partial charge in [-0.05, 0) is 18.6 Å². The molecule has 0 aliphatic rings. The van der Waals surface area contributed by atoms with E-state index in [0.29, 0.717) is 6.42 Å². The average Bonchev–Trinajstić information content (AvgIpc) is 2.34. The Kier molecular flexibility index (Phi) is 5.49. The van der Waals surface area contributed by atoms with Crippen LogP contribution in [0.15, 0.2) is 29.2 Å². The van der Waals surface area contributed by atoms with E-state index in [9.17, 15) is 20.7 Å². The van der Waals surface area contributed by atoms with Gasteiger partial charge in [-0.15, -0.1) is 3.89 Å². The molecule has 0 aliphatic carbocycles. The smallest absolute Gasteiger partial charge is 0.269 e. The van der Waals surface area contributed by atoms with Crippen molar-refractivity contribution in [3.63, 3.8) is 0 Å². The lowest BCUT2D eigenvalue weighted by Crippen LogP contribution is -2.33. The van der Waals surface area contributed by atoms with Crippen molar-refractivity contribution in [3.8, 4) is 0 Å². The van der Waals surface area contributed by atoms with Crippen molar-refractivity contribution in [1.82, 2.24) is 4.31 Å². The monoisotopic (exact) mass is 324 g/mol. The second-order valence-corrected chi connectivity index (χ2v) is 7.31. The third-order valence-corrected chi connectivity index (χ3v) is 4.99. The van der Waals surface area contributed by atoms with Crippen LogP contribution in [0.4, 0.5) is 9.57 Å².